The summed E-state index contributed by atoms with van der Waals surface area (Å²) in [5.74, 6) is -0.0270. The number of ether oxygens (including phenoxy) is 1. The van der Waals surface area contributed by atoms with E-state index in [1.165, 1.54) is 43.9 Å². The van der Waals surface area contributed by atoms with Gasteiger partial charge in [-0.25, -0.2) is 9.97 Å². The monoisotopic (exact) mass is 365 g/mol. The molecular formula is C18H27N3O3S. The van der Waals surface area contributed by atoms with Crippen LogP contribution in [0.2, 0.25) is 0 Å². The number of rotatable bonds is 7. The zero-order valence-corrected chi connectivity index (χ0v) is 16.0. The fourth-order valence-electron chi connectivity index (χ4n) is 2.95. The number of carbonyl (C=O) groups is 2. The smallest absolute Gasteiger partial charge is 0.317 e. The fraction of sp³-hybridized carbons (Fsp3) is 0.667. The maximum atomic E-state index is 12.1. The van der Waals surface area contributed by atoms with Crippen LogP contribution in [0, 0.1) is 19.8 Å². The first-order valence-electron chi connectivity index (χ1n) is 8.86. The highest BCUT2D eigenvalue weighted by molar-refractivity contribution is 7.99. The van der Waals surface area contributed by atoms with Crippen molar-refractivity contribution in [3.8, 4) is 0 Å². The second-order valence-corrected chi connectivity index (χ2v) is 7.55. The molecule has 2 rings (SSSR count). The summed E-state index contributed by atoms with van der Waals surface area (Å²) in [6, 6.07) is 1.88. The van der Waals surface area contributed by atoms with E-state index in [0.29, 0.717) is 17.6 Å². The van der Waals surface area contributed by atoms with Gasteiger partial charge >= 0.3 is 5.97 Å². The summed E-state index contributed by atoms with van der Waals surface area (Å²) in [6.07, 6.45) is 5.32. The highest BCUT2D eigenvalue weighted by atomic mass is 32.2. The van der Waals surface area contributed by atoms with Crippen LogP contribution in [-0.2, 0) is 14.3 Å². The number of hydrogen-bond acceptors (Lipinski definition) is 6. The number of amides is 1. The topological polar surface area (TPSA) is 81.2 Å². The van der Waals surface area contributed by atoms with E-state index in [9.17, 15) is 9.59 Å². The molecular weight excluding hydrogens is 338 g/mol. The van der Waals surface area contributed by atoms with Crippen LogP contribution in [0.25, 0.3) is 0 Å². The molecule has 1 fully saturated rings. The van der Waals surface area contributed by atoms with Gasteiger partial charge in [0, 0.05) is 17.9 Å². The highest BCUT2D eigenvalue weighted by Crippen LogP contribution is 2.22. The van der Waals surface area contributed by atoms with Crippen molar-refractivity contribution in [3.63, 3.8) is 0 Å². The van der Waals surface area contributed by atoms with Crippen molar-refractivity contribution < 1.29 is 14.3 Å². The molecule has 7 heteroatoms. The molecule has 1 aromatic rings. The number of hydrogen-bond donors (Lipinski definition) is 1. The van der Waals surface area contributed by atoms with Gasteiger partial charge in [0.2, 0.25) is 0 Å². The van der Waals surface area contributed by atoms with E-state index in [1.807, 2.05) is 19.9 Å². The van der Waals surface area contributed by atoms with E-state index >= 15 is 0 Å². The summed E-state index contributed by atoms with van der Waals surface area (Å²) >= 11 is 1.22. The first kappa shape index (κ1) is 19.7. The summed E-state index contributed by atoms with van der Waals surface area (Å²) in [6.45, 7) is 6.05. The van der Waals surface area contributed by atoms with E-state index in [0.717, 1.165) is 11.4 Å². The van der Waals surface area contributed by atoms with Crippen molar-refractivity contribution in [2.75, 3.05) is 12.3 Å². The zero-order valence-electron chi connectivity index (χ0n) is 15.2. The average Bonchev–Trinajstić information content (AvgIpc) is 2.58. The van der Waals surface area contributed by atoms with E-state index in [1.54, 1.807) is 6.92 Å². The number of nitrogens with zero attached hydrogens (tertiary/aromatic N) is 2. The molecule has 0 aliphatic heterocycles. The zero-order chi connectivity index (χ0) is 18.2. The second-order valence-electron chi connectivity index (χ2n) is 6.60. The molecule has 0 spiro atoms. The molecule has 1 aromatic heterocycles. The Morgan fingerprint density at radius 3 is 2.52 bits per heavy atom. The molecule has 1 aliphatic carbocycles. The number of carbonyl (C=O) groups excluding carboxylic acids is 2. The number of aryl methyl sites for hydroxylation is 2. The van der Waals surface area contributed by atoms with Crippen LogP contribution in [0.1, 0.15) is 50.4 Å². The molecule has 0 bridgehead atoms. The first-order chi connectivity index (χ1) is 11.9. The largest absolute Gasteiger partial charge is 0.452 e. The van der Waals surface area contributed by atoms with Crippen molar-refractivity contribution in [1.29, 1.82) is 0 Å². The molecule has 0 saturated heterocycles. The Bertz CT molecular complexity index is 583. The van der Waals surface area contributed by atoms with Crippen LogP contribution in [-0.4, -0.2) is 40.2 Å². The SMILES string of the molecule is Cc1cc(C)nc(SCC(=O)O[C@@H](C)C(=O)NCC2CCCCC2)n1. The number of esters is 1. The average molecular weight is 365 g/mol. The van der Waals surface area contributed by atoms with E-state index in [2.05, 4.69) is 15.3 Å². The van der Waals surface area contributed by atoms with Gasteiger partial charge in [0.05, 0.1) is 5.75 Å². The molecule has 6 nitrogen and oxygen atoms in total. The Kier molecular flexibility index (Phi) is 7.68. The summed E-state index contributed by atoms with van der Waals surface area (Å²) < 4.78 is 5.21. The van der Waals surface area contributed by atoms with Crippen LogP contribution in [0.15, 0.2) is 11.2 Å². The van der Waals surface area contributed by atoms with E-state index < -0.39 is 12.1 Å². The first-order valence-corrected chi connectivity index (χ1v) is 9.85. The highest BCUT2D eigenvalue weighted by Gasteiger charge is 2.20. The summed E-state index contributed by atoms with van der Waals surface area (Å²) in [7, 11) is 0. The maximum Gasteiger partial charge on any atom is 0.317 e. The Morgan fingerprint density at radius 2 is 1.88 bits per heavy atom. The van der Waals surface area contributed by atoms with Crippen LogP contribution in [0.4, 0.5) is 0 Å². The van der Waals surface area contributed by atoms with Gasteiger partial charge in [0.15, 0.2) is 11.3 Å². The lowest BCUT2D eigenvalue weighted by Gasteiger charge is -2.22. The van der Waals surface area contributed by atoms with Crippen molar-refractivity contribution in [2.24, 2.45) is 5.92 Å². The number of thioether (sulfide) groups is 1. The third-order valence-corrected chi connectivity index (χ3v) is 5.07. The van der Waals surface area contributed by atoms with Crippen LogP contribution >= 0.6 is 11.8 Å². The number of aromatic nitrogens is 2. The fourth-order valence-corrected chi connectivity index (χ4v) is 3.68. The normalized spacial score (nSPS) is 16.3. The predicted octanol–water partition coefficient (Wildman–Crippen LogP) is 2.81. The number of nitrogens with one attached hydrogen (secondary N) is 1. The Labute approximate surface area is 153 Å². The molecule has 0 aromatic carbocycles. The van der Waals surface area contributed by atoms with Crippen molar-refractivity contribution in [1.82, 2.24) is 15.3 Å². The van der Waals surface area contributed by atoms with Gasteiger partial charge < -0.3 is 10.1 Å². The molecule has 1 saturated carbocycles. The van der Waals surface area contributed by atoms with E-state index in [4.69, 9.17) is 4.74 Å². The van der Waals surface area contributed by atoms with Gasteiger partial charge in [0.1, 0.15) is 0 Å². The van der Waals surface area contributed by atoms with Gasteiger partial charge in [-0.15, -0.1) is 0 Å². The second kappa shape index (κ2) is 9.75. The molecule has 1 aliphatic rings. The van der Waals surface area contributed by atoms with Gasteiger partial charge in [0.25, 0.3) is 5.91 Å². The lowest BCUT2D eigenvalue weighted by molar-refractivity contribution is -0.152. The molecule has 1 N–H and O–H groups in total. The van der Waals surface area contributed by atoms with E-state index in [-0.39, 0.29) is 11.7 Å². The van der Waals surface area contributed by atoms with Gasteiger partial charge in [-0.2, -0.15) is 0 Å². The Morgan fingerprint density at radius 1 is 1.24 bits per heavy atom. The standard InChI is InChI=1S/C18H27N3O3S/c1-12-9-13(2)21-18(20-12)25-11-16(22)24-14(3)17(23)19-10-15-7-5-4-6-8-15/h9,14-15H,4-8,10-11H2,1-3H3,(H,19,23)/t14-/m0/s1. The lowest BCUT2D eigenvalue weighted by Crippen LogP contribution is -2.39. The third-order valence-electron chi connectivity index (χ3n) is 4.25. The molecule has 25 heavy (non-hydrogen) atoms. The van der Waals surface area contributed by atoms with Crippen molar-refractivity contribution in [3.05, 3.63) is 17.5 Å². The Hall–Kier alpha value is -1.63. The predicted molar refractivity (Wildman–Crippen MR) is 97.4 cm³/mol. The molecule has 1 amide bonds. The maximum absolute atomic E-state index is 12.1. The summed E-state index contributed by atoms with van der Waals surface area (Å²) in [5.41, 5.74) is 1.72. The quantitative estimate of drug-likeness (QED) is 0.455. The minimum Gasteiger partial charge on any atom is -0.452 e. The van der Waals surface area contributed by atoms with Gasteiger partial charge in [-0.3, -0.25) is 9.59 Å². The minimum absolute atomic E-state index is 0.0864. The van der Waals surface area contributed by atoms with Crippen LogP contribution < -0.4 is 5.32 Å². The van der Waals surface area contributed by atoms with Crippen LogP contribution in [0.3, 0.4) is 0 Å². The minimum atomic E-state index is -0.781. The van der Waals surface area contributed by atoms with Crippen molar-refractivity contribution in [2.45, 2.75) is 64.1 Å². The molecule has 0 radical (unpaired) electrons. The Balaban J connectivity index is 1.70. The molecule has 138 valence electrons. The lowest BCUT2D eigenvalue weighted by atomic mass is 9.89. The molecule has 1 heterocycles. The summed E-state index contributed by atoms with van der Waals surface area (Å²) in [5, 5.41) is 3.44. The third kappa shape index (κ3) is 7.02. The van der Waals surface area contributed by atoms with Crippen LogP contribution in [0.5, 0.6) is 0 Å². The van der Waals surface area contributed by atoms with Gasteiger partial charge in [-0.05, 0) is 45.6 Å². The molecule has 1 atom stereocenters. The van der Waals surface area contributed by atoms with Gasteiger partial charge in [-0.1, -0.05) is 31.0 Å². The summed E-state index contributed by atoms with van der Waals surface area (Å²) in [4.78, 5) is 32.5. The van der Waals surface area contributed by atoms with Crippen molar-refractivity contribution >= 4 is 23.6 Å². The molecule has 0 unspecified atom stereocenters.